The number of anilines is 2. The first-order valence-corrected chi connectivity index (χ1v) is 15.2. The van der Waals surface area contributed by atoms with Crippen molar-refractivity contribution in [1.82, 2.24) is 5.32 Å². The lowest BCUT2D eigenvalue weighted by molar-refractivity contribution is 0.473. The Labute approximate surface area is 249 Å². The summed E-state index contributed by atoms with van der Waals surface area (Å²) in [6.45, 7) is 0. The van der Waals surface area contributed by atoms with Gasteiger partial charge in [-0.05, 0) is 65.2 Å². The highest BCUT2D eigenvalue weighted by Gasteiger charge is 2.35. The quantitative estimate of drug-likeness (QED) is 0.230. The molecule has 0 bridgehead atoms. The molecule has 0 aromatic heterocycles. The molecule has 2 aliphatic heterocycles. The minimum atomic E-state index is -4.08. The third-order valence-corrected chi connectivity index (χ3v) is 9.16. The molecule has 2 heterocycles. The second kappa shape index (κ2) is 10.5. The van der Waals surface area contributed by atoms with Crippen molar-refractivity contribution in [3.05, 3.63) is 155 Å². The standard InChI is InChI=1S/C34H24ClN3O3S/c35-26-18-19-31-30(21-26)38(42(39,40)33-17-8-7-16-32(33)41-31)27-15-9-14-25(20-27)34-36-28(23-10-3-1-4-11-23)22-29(37-34)24-12-5-2-6-13-24/h1-22,34,36H. The summed E-state index contributed by atoms with van der Waals surface area (Å²) in [5, 5.41) is 3.94. The predicted octanol–water partition coefficient (Wildman–Crippen LogP) is 8.10. The van der Waals surface area contributed by atoms with Crippen LogP contribution in [0.3, 0.4) is 0 Å². The lowest BCUT2D eigenvalue weighted by Gasteiger charge is -2.27. The van der Waals surface area contributed by atoms with Crippen LogP contribution in [0.4, 0.5) is 11.4 Å². The molecule has 6 nitrogen and oxygen atoms in total. The molecule has 0 spiro atoms. The van der Waals surface area contributed by atoms with Crippen LogP contribution in [0, 0.1) is 0 Å². The van der Waals surface area contributed by atoms with Crippen molar-refractivity contribution in [2.45, 2.75) is 11.1 Å². The van der Waals surface area contributed by atoms with E-state index < -0.39 is 16.2 Å². The Morgan fingerprint density at radius 2 is 1.45 bits per heavy atom. The van der Waals surface area contributed by atoms with E-state index in [1.807, 2.05) is 84.9 Å². The Morgan fingerprint density at radius 3 is 2.24 bits per heavy atom. The minimum Gasteiger partial charge on any atom is -0.454 e. The Morgan fingerprint density at radius 1 is 0.738 bits per heavy atom. The highest BCUT2D eigenvalue weighted by molar-refractivity contribution is 7.93. The van der Waals surface area contributed by atoms with E-state index in [0.717, 1.165) is 28.1 Å². The van der Waals surface area contributed by atoms with Crippen LogP contribution in [0.15, 0.2) is 143 Å². The third-order valence-electron chi connectivity index (χ3n) is 7.14. The van der Waals surface area contributed by atoms with Gasteiger partial charge in [0.25, 0.3) is 10.0 Å². The number of benzene rings is 5. The summed E-state index contributed by atoms with van der Waals surface area (Å²) >= 11 is 6.38. The van der Waals surface area contributed by atoms with Gasteiger partial charge in [0.15, 0.2) is 5.75 Å². The van der Waals surface area contributed by atoms with Crippen LogP contribution in [0.5, 0.6) is 11.5 Å². The molecule has 206 valence electrons. The highest BCUT2D eigenvalue weighted by Crippen LogP contribution is 2.47. The molecule has 42 heavy (non-hydrogen) atoms. The van der Waals surface area contributed by atoms with E-state index in [0.29, 0.717) is 22.1 Å². The highest BCUT2D eigenvalue weighted by atomic mass is 35.5. The number of rotatable bonds is 4. The lowest BCUT2D eigenvalue weighted by Crippen LogP contribution is -2.27. The lowest BCUT2D eigenvalue weighted by atomic mass is 10.0. The van der Waals surface area contributed by atoms with Crippen molar-refractivity contribution in [2.24, 2.45) is 4.99 Å². The second-order valence-corrected chi connectivity index (χ2v) is 12.1. The van der Waals surface area contributed by atoms with E-state index in [4.69, 9.17) is 21.3 Å². The molecule has 0 amide bonds. The Bertz CT molecular complexity index is 1980. The largest absolute Gasteiger partial charge is 0.454 e. The van der Waals surface area contributed by atoms with Gasteiger partial charge < -0.3 is 10.1 Å². The maximum atomic E-state index is 14.2. The summed E-state index contributed by atoms with van der Waals surface area (Å²) < 4.78 is 35.8. The van der Waals surface area contributed by atoms with E-state index >= 15 is 0 Å². The summed E-state index contributed by atoms with van der Waals surface area (Å²) in [7, 11) is -4.08. The van der Waals surface area contributed by atoms with Gasteiger partial charge in [-0.1, -0.05) is 96.5 Å². The third kappa shape index (κ3) is 4.72. The maximum absolute atomic E-state index is 14.2. The summed E-state index contributed by atoms with van der Waals surface area (Å²) in [5.41, 5.74) is 5.30. The minimum absolute atomic E-state index is 0.0669. The van der Waals surface area contributed by atoms with Gasteiger partial charge in [0, 0.05) is 10.7 Å². The SMILES string of the molecule is O=S1(=O)c2ccccc2Oc2ccc(Cl)cc2N1c1cccc(C2N=C(c3ccccc3)C=C(c3ccccc3)N2)c1. The van der Waals surface area contributed by atoms with Crippen LogP contribution < -0.4 is 14.4 Å². The van der Waals surface area contributed by atoms with Crippen LogP contribution in [0.2, 0.25) is 5.02 Å². The van der Waals surface area contributed by atoms with Crippen LogP contribution in [0.1, 0.15) is 22.9 Å². The predicted molar refractivity (Wildman–Crippen MR) is 167 cm³/mol. The normalized spacial score (nSPS) is 17.0. The summed E-state index contributed by atoms with van der Waals surface area (Å²) in [4.78, 5) is 5.12. The number of allylic oxidation sites excluding steroid dienone is 1. The van der Waals surface area contributed by atoms with Gasteiger partial charge in [0.1, 0.15) is 22.5 Å². The number of sulfonamides is 1. The molecule has 5 aromatic carbocycles. The van der Waals surface area contributed by atoms with Crippen molar-refractivity contribution in [3.63, 3.8) is 0 Å². The number of hydrogen-bond acceptors (Lipinski definition) is 5. The van der Waals surface area contributed by atoms with Gasteiger partial charge in [-0.25, -0.2) is 12.7 Å². The Kier molecular flexibility index (Phi) is 6.53. The van der Waals surface area contributed by atoms with Gasteiger partial charge in [-0.2, -0.15) is 0 Å². The van der Waals surface area contributed by atoms with Crippen molar-refractivity contribution < 1.29 is 13.2 Å². The van der Waals surface area contributed by atoms with Gasteiger partial charge in [0.2, 0.25) is 0 Å². The number of nitrogens with zero attached hydrogens (tertiary/aromatic N) is 2. The van der Waals surface area contributed by atoms with Crippen molar-refractivity contribution >= 4 is 44.4 Å². The first-order valence-electron chi connectivity index (χ1n) is 13.4. The van der Waals surface area contributed by atoms with Crippen LogP contribution >= 0.6 is 11.6 Å². The maximum Gasteiger partial charge on any atom is 0.272 e. The molecule has 1 unspecified atom stereocenters. The monoisotopic (exact) mass is 589 g/mol. The van der Waals surface area contributed by atoms with E-state index in [2.05, 4.69) is 5.32 Å². The molecule has 0 saturated heterocycles. The fourth-order valence-corrected chi connectivity index (χ4v) is 6.94. The molecule has 7 rings (SSSR count). The number of nitrogens with one attached hydrogen (secondary N) is 1. The number of hydrogen-bond donors (Lipinski definition) is 1. The number of aliphatic imine (C=N–C) groups is 1. The molecule has 0 aliphatic carbocycles. The fraction of sp³-hybridized carbons (Fsp3) is 0.0294. The second-order valence-electron chi connectivity index (χ2n) is 9.88. The summed E-state index contributed by atoms with van der Waals surface area (Å²) in [6.07, 6.45) is 1.56. The Hall–Kier alpha value is -4.85. The van der Waals surface area contributed by atoms with Crippen molar-refractivity contribution in [2.75, 3.05) is 4.31 Å². The zero-order chi connectivity index (χ0) is 28.7. The first-order chi connectivity index (χ1) is 20.5. The van der Waals surface area contributed by atoms with Gasteiger partial charge in [0.05, 0.1) is 11.4 Å². The van der Waals surface area contributed by atoms with Crippen molar-refractivity contribution in [3.8, 4) is 11.5 Å². The van der Waals surface area contributed by atoms with Crippen LogP contribution in [-0.4, -0.2) is 14.1 Å². The number of ether oxygens (including phenoxy) is 1. The van der Waals surface area contributed by atoms with Crippen LogP contribution in [-0.2, 0) is 10.0 Å². The molecule has 0 radical (unpaired) electrons. The van der Waals surface area contributed by atoms with E-state index in [1.54, 1.807) is 48.5 Å². The molecule has 1 N–H and O–H groups in total. The summed E-state index contributed by atoms with van der Waals surface area (Å²) in [6, 6.07) is 39.0. The molecule has 2 aliphatic rings. The van der Waals surface area contributed by atoms with Crippen molar-refractivity contribution in [1.29, 1.82) is 0 Å². The first kappa shape index (κ1) is 26.1. The van der Waals surface area contributed by atoms with E-state index in [1.165, 1.54) is 4.31 Å². The average molecular weight is 590 g/mol. The zero-order valence-corrected chi connectivity index (χ0v) is 23.8. The molecule has 1 atom stereocenters. The van der Waals surface area contributed by atoms with E-state index in [-0.39, 0.29) is 10.6 Å². The van der Waals surface area contributed by atoms with Crippen LogP contribution in [0.25, 0.3) is 5.70 Å². The number of fused-ring (bicyclic) bond motifs is 2. The molecule has 0 saturated carbocycles. The summed E-state index contributed by atoms with van der Waals surface area (Å²) in [5.74, 6) is 0.635. The number of halogens is 1. The molecule has 8 heteroatoms. The molecular weight excluding hydrogens is 566 g/mol. The smallest absolute Gasteiger partial charge is 0.272 e. The van der Waals surface area contributed by atoms with Gasteiger partial charge >= 0.3 is 0 Å². The Balaban J connectivity index is 1.36. The topological polar surface area (TPSA) is 71.0 Å². The zero-order valence-electron chi connectivity index (χ0n) is 22.2. The van der Waals surface area contributed by atoms with E-state index in [9.17, 15) is 8.42 Å². The fourth-order valence-electron chi connectivity index (χ4n) is 5.17. The number of para-hydroxylation sites is 1. The van der Waals surface area contributed by atoms with Gasteiger partial charge in [-0.15, -0.1) is 0 Å². The average Bonchev–Trinajstić information content (AvgIpc) is 3.12. The molecule has 5 aromatic rings. The molecule has 0 fully saturated rings. The molecular formula is C34H24ClN3O3S. The van der Waals surface area contributed by atoms with Gasteiger partial charge in [-0.3, -0.25) is 4.99 Å².